The minimum atomic E-state index is -0.120. The van der Waals surface area contributed by atoms with Gasteiger partial charge in [0.1, 0.15) is 0 Å². The molecule has 0 spiro atoms. The first kappa shape index (κ1) is 14.7. The van der Waals surface area contributed by atoms with Gasteiger partial charge in [0, 0.05) is 10.5 Å². The Kier molecular flexibility index (Phi) is 5.83. The number of hydrogen-bond acceptors (Lipinski definition) is 3. The van der Waals surface area contributed by atoms with Crippen molar-refractivity contribution in [1.82, 2.24) is 4.90 Å². The number of halogens is 1. The van der Waals surface area contributed by atoms with Gasteiger partial charge in [-0.15, -0.1) is 0 Å². The van der Waals surface area contributed by atoms with Crippen molar-refractivity contribution in [3.63, 3.8) is 0 Å². The third-order valence-electron chi connectivity index (χ3n) is 2.50. The summed E-state index contributed by atoms with van der Waals surface area (Å²) >= 11 is 3.37. The first-order chi connectivity index (χ1) is 8.54. The van der Waals surface area contributed by atoms with E-state index in [2.05, 4.69) is 27.3 Å². The molecule has 0 bridgehead atoms. The summed E-state index contributed by atoms with van der Waals surface area (Å²) in [5.74, 6) is -0.120. The molecule has 5 heteroatoms. The normalized spacial score (nSPS) is 10.4. The largest absolute Gasteiger partial charge is 0.324 e. The van der Waals surface area contributed by atoms with E-state index in [4.69, 9.17) is 5.26 Å². The van der Waals surface area contributed by atoms with Gasteiger partial charge < -0.3 is 5.32 Å². The van der Waals surface area contributed by atoms with Gasteiger partial charge in [-0.1, -0.05) is 12.1 Å². The lowest BCUT2D eigenvalue weighted by Crippen LogP contribution is -2.38. The number of hydrogen-bond donors (Lipinski definition) is 1. The number of carbonyl (C=O) groups is 1. The van der Waals surface area contributed by atoms with Crippen LogP contribution in [0.2, 0.25) is 0 Å². The van der Waals surface area contributed by atoms with E-state index in [1.165, 1.54) is 0 Å². The Hall–Kier alpha value is -1.38. The molecule has 4 nitrogen and oxygen atoms in total. The Bertz CT molecular complexity index is 454. The fraction of sp³-hybridized carbons (Fsp3) is 0.385. The highest BCUT2D eigenvalue weighted by molar-refractivity contribution is 9.10. The molecule has 0 aliphatic rings. The summed E-state index contributed by atoms with van der Waals surface area (Å²) in [6, 6.07) is 9.66. The number of amides is 1. The highest BCUT2D eigenvalue weighted by atomic mass is 79.9. The van der Waals surface area contributed by atoms with Crippen LogP contribution in [0.5, 0.6) is 0 Å². The second-order valence-electron chi connectivity index (χ2n) is 4.18. The molecule has 0 heterocycles. The third kappa shape index (κ3) is 4.47. The molecule has 1 aromatic rings. The quantitative estimate of drug-likeness (QED) is 0.851. The van der Waals surface area contributed by atoms with E-state index in [0.29, 0.717) is 0 Å². The lowest BCUT2D eigenvalue weighted by molar-refractivity contribution is -0.117. The topological polar surface area (TPSA) is 56.1 Å². The number of rotatable bonds is 5. The molecule has 0 radical (unpaired) electrons. The SMILES string of the molecule is CC(C)N(CC#N)CC(=O)Nc1ccccc1Br. The molecule has 0 aromatic heterocycles. The summed E-state index contributed by atoms with van der Waals surface area (Å²) in [5.41, 5.74) is 0.739. The van der Waals surface area contributed by atoms with E-state index in [0.717, 1.165) is 10.2 Å². The van der Waals surface area contributed by atoms with Crippen molar-refractivity contribution in [2.24, 2.45) is 0 Å². The fourth-order valence-corrected chi connectivity index (χ4v) is 1.83. The zero-order valence-corrected chi connectivity index (χ0v) is 12.1. The summed E-state index contributed by atoms with van der Waals surface area (Å²) < 4.78 is 0.842. The van der Waals surface area contributed by atoms with Crippen molar-refractivity contribution < 1.29 is 4.79 Å². The lowest BCUT2D eigenvalue weighted by atomic mass is 10.3. The van der Waals surface area contributed by atoms with Crippen molar-refractivity contribution in [1.29, 1.82) is 5.26 Å². The summed E-state index contributed by atoms with van der Waals surface area (Å²) in [7, 11) is 0. The van der Waals surface area contributed by atoms with Crippen molar-refractivity contribution >= 4 is 27.5 Å². The van der Waals surface area contributed by atoms with Crippen LogP contribution in [0.1, 0.15) is 13.8 Å². The van der Waals surface area contributed by atoms with E-state index in [-0.39, 0.29) is 25.0 Å². The Morgan fingerprint density at radius 1 is 1.50 bits per heavy atom. The number of benzene rings is 1. The van der Waals surface area contributed by atoms with Crippen molar-refractivity contribution in [3.8, 4) is 6.07 Å². The monoisotopic (exact) mass is 309 g/mol. The Labute approximate surface area is 116 Å². The van der Waals surface area contributed by atoms with Crippen LogP contribution in [0.25, 0.3) is 0 Å². The van der Waals surface area contributed by atoms with Crippen molar-refractivity contribution in [3.05, 3.63) is 28.7 Å². The van der Waals surface area contributed by atoms with E-state index >= 15 is 0 Å². The first-order valence-electron chi connectivity index (χ1n) is 5.70. The van der Waals surface area contributed by atoms with Crippen molar-refractivity contribution in [2.75, 3.05) is 18.4 Å². The summed E-state index contributed by atoms with van der Waals surface area (Å²) in [6.45, 7) is 4.39. The predicted octanol–water partition coefficient (Wildman–Crippen LogP) is 2.62. The van der Waals surface area contributed by atoms with E-state index in [1.54, 1.807) is 0 Å². The molecule has 96 valence electrons. The van der Waals surface area contributed by atoms with E-state index < -0.39 is 0 Å². The fourth-order valence-electron chi connectivity index (χ4n) is 1.45. The molecule has 1 aromatic carbocycles. The molecule has 1 N–H and O–H groups in total. The van der Waals surface area contributed by atoms with Gasteiger partial charge >= 0.3 is 0 Å². The van der Waals surface area contributed by atoms with E-state index in [1.807, 2.05) is 43.0 Å². The molecule has 0 aliphatic carbocycles. The number of nitrogens with zero attached hydrogens (tertiary/aromatic N) is 2. The summed E-state index contributed by atoms with van der Waals surface area (Å²) in [5, 5.41) is 11.5. The van der Waals surface area contributed by atoms with Crippen LogP contribution in [-0.4, -0.2) is 29.9 Å². The molecule has 18 heavy (non-hydrogen) atoms. The van der Waals surface area contributed by atoms with Gasteiger partial charge in [0.25, 0.3) is 0 Å². The maximum atomic E-state index is 11.9. The molecule has 0 fully saturated rings. The Morgan fingerprint density at radius 3 is 2.72 bits per heavy atom. The van der Waals surface area contributed by atoms with Gasteiger partial charge in [-0.3, -0.25) is 9.69 Å². The maximum Gasteiger partial charge on any atom is 0.238 e. The average molecular weight is 310 g/mol. The highest BCUT2D eigenvalue weighted by Gasteiger charge is 2.14. The second-order valence-corrected chi connectivity index (χ2v) is 5.04. The van der Waals surface area contributed by atoms with Gasteiger partial charge in [-0.05, 0) is 41.9 Å². The summed E-state index contributed by atoms with van der Waals surface area (Å²) in [6.07, 6.45) is 0. The Morgan fingerprint density at radius 2 is 2.17 bits per heavy atom. The summed E-state index contributed by atoms with van der Waals surface area (Å²) in [4.78, 5) is 13.7. The van der Waals surface area contributed by atoms with Gasteiger partial charge in [0.2, 0.25) is 5.91 Å². The number of anilines is 1. The molecule has 1 rings (SSSR count). The van der Waals surface area contributed by atoms with Crippen LogP contribution >= 0.6 is 15.9 Å². The molecule has 0 atom stereocenters. The van der Waals surface area contributed by atoms with Gasteiger partial charge in [0.15, 0.2) is 0 Å². The zero-order chi connectivity index (χ0) is 13.5. The molecule has 0 saturated carbocycles. The molecule has 0 unspecified atom stereocenters. The van der Waals surface area contributed by atoms with Crippen LogP contribution in [0.3, 0.4) is 0 Å². The number of carbonyl (C=O) groups excluding carboxylic acids is 1. The van der Waals surface area contributed by atoms with Gasteiger partial charge in [0.05, 0.1) is 24.8 Å². The predicted molar refractivity (Wildman–Crippen MR) is 75.1 cm³/mol. The third-order valence-corrected chi connectivity index (χ3v) is 3.19. The van der Waals surface area contributed by atoms with Crippen LogP contribution in [0, 0.1) is 11.3 Å². The van der Waals surface area contributed by atoms with Crippen LogP contribution in [0.15, 0.2) is 28.7 Å². The number of nitrogens with one attached hydrogen (secondary N) is 1. The van der Waals surface area contributed by atoms with Gasteiger partial charge in [-0.25, -0.2) is 0 Å². The molecular weight excluding hydrogens is 294 g/mol. The maximum absolute atomic E-state index is 11.9. The molecule has 0 aliphatic heterocycles. The van der Waals surface area contributed by atoms with E-state index in [9.17, 15) is 4.79 Å². The van der Waals surface area contributed by atoms with Crippen LogP contribution < -0.4 is 5.32 Å². The van der Waals surface area contributed by atoms with Crippen molar-refractivity contribution in [2.45, 2.75) is 19.9 Å². The zero-order valence-electron chi connectivity index (χ0n) is 10.5. The first-order valence-corrected chi connectivity index (χ1v) is 6.49. The average Bonchev–Trinajstić information content (AvgIpc) is 2.31. The smallest absolute Gasteiger partial charge is 0.238 e. The molecular formula is C13H16BrN3O. The number of nitriles is 1. The van der Waals surface area contributed by atoms with Crippen LogP contribution in [0.4, 0.5) is 5.69 Å². The van der Waals surface area contributed by atoms with Crippen LogP contribution in [-0.2, 0) is 4.79 Å². The molecule has 1 amide bonds. The standard InChI is InChI=1S/C13H16BrN3O/c1-10(2)17(8-7-15)9-13(18)16-12-6-4-3-5-11(12)14/h3-6,10H,8-9H2,1-2H3,(H,16,18). The number of para-hydroxylation sites is 1. The molecule has 0 saturated heterocycles. The Balaban J connectivity index is 2.61. The minimum Gasteiger partial charge on any atom is -0.324 e. The van der Waals surface area contributed by atoms with Gasteiger partial charge in [-0.2, -0.15) is 5.26 Å². The minimum absolute atomic E-state index is 0.120. The lowest BCUT2D eigenvalue weighted by Gasteiger charge is -2.22. The second kappa shape index (κ2) is 7.14. The highest BCUT2D eigenvalue weighted by Crippen LogP contribution is 2.21.